The molecule has 0 radical (unpaired) electrons. The lowest BCUT2D eigenvalue weighted by atomic mass is 9.88. The van der Waals surface area contributed by atoms with Crippen molar-refractivity contribution >= 4 is 22.5 Å². The van der Waals surface area contributed by atoms with Crippen LogP contribution in [-0.4, -0.2) is 17.3 Å². The summed E-state index contributed by atoms with van der Waals surface area (Å²) in [6.45, 7) is 5.91. The second-order valence-corrected chi connectivity index (χ2v) is 9.19. The summed E-state index contributed by atoms with van der Waals surface area (Å²) >= 11 is 0. The lowest BCUT2D eigenvalue weighted by Crippen LogP contribution is -2.27. The first-order valence-corrected chi connectivity index (χ1v) is 10.3. The van der Waals surface area contributed by atoms with Crippen molar-refractivity contribution in [2.45, 2.75) is 50.5 Å². The summed E-state index contributed by atoms with van der Waals surface area (Å²) in [7, 11) is 0. The van der Waals surface area contributed by atoms with Crippen LogP contribution < -0.4 is 14.8 Å². The molecule has 1 aliphatic carbocycles. The minimum absolute atomic E-state index is 0. The summed E-state index contributed by atoms with van der Waals surface area (Å²) in [5, 5.41) is 4.36. The molecule has 1 fully saturated rings. The van der Waals surface area contributed by atoms with E-state index in [9.17, 15) is 4.79 Å². The highest BCUT2D eigenvalue weighted by molar-refractivity contribution is 6.02. The number of carbonyl (C=O) groups excluding carboxylic acids is 1. The van der Waals surface area contributed by atoms with Crippen LogP contribution in [0, 0.1) is 0 Å². The number of nitrogens with one attached hydrogen (secondary N) is 1. The van der Waals surface area contributed by atoms with E-state index in [1.54, 1.807) is 0 Å². The van der Waals surface area contributed by atoms with Crippen LogP contribution in [0.5, 0.6) is 11.5 Å². The largest absolute Gasteiger partial charge is 0.454 e. The first-order valence-electron chi connectivity index (χ1n) is 10.3. The number of benzene rings is 2. The molecule has 1 aromatic heterocycles. The average molecular weight is 390 g/mol. The van der Waals surface area contributed by atoms with Crippen molar-refractivity contribution in [3.63, 3.8) is 0 Å². The number of fused-ring (bicyclic) bond motifs is 4. The van der Waals surface area contributed by atoms with Gasteiger partial charge < -0.3 is 19.4 Å². The third-order valence-electron chi connectivity index (χ3n) is 6.92. The van der Waals surface area contributed by atoms with Gasteiger partial charge in [-0.15, -0.1) is 0 Å². The van der Waals surface area contributed by atoms with Gasteiger partial charge in [-0.3, -0.25) is 4.79 Å². The first-order chi connectivity index (χ1) is 14.0. The third-order valence-corrected chi connectivity index (χ3v) is 6.92. The van der Waals surface area contributed by atoms with E-state index in [2.05, 4.69) is 41.9 Å². The summed E-state index contributed by atoms with van der Waals surface area (Å²) < 4.78 is 13.3. The number of aromatic nitrogens is 1. The van der Waals surface area contributed by atoms with Crippen LogP contribution >= 0.6 is 0 Å². The van der Waals surface area contributed by atoms with Gasteiger partial charge in [0.2, 0.25) is 12.7 Å². The molecule has 0 bridgehead atoms. The first kappa shape index (κ1) is 17.0. The van der Waals surface area contributed by atoms with Gasteiger partial charge in [0, 0.05) is 35.7 Å². The number of rotatable bonds is 3. The van der Waals surface area contributed by atoms with E-state index in [1.807, 2.05) is 24.3 Å². The van der Waals surface area contributed by atoms with Crippen molar-refractivity contribution in [1.82, 2.24) is 4.57 Å². The third kappa shape index (κ3) is 2.43. The molecule has 2 aromatic carbocycles. The van der Waals surface area contributed by atoms with E-state index in [0.29, 0.717) is 0 Å². The maximum absolute atomic E-state index is 13.2. The van der Waals surface area contributed by atoms with Gasteiger partial charge >= 0.3 is 0 Å². The van der Waals surface area contributed by atoms with E-state index in [-0.39, 0.29) is 19.5 Å². The highest BCUT2D eigenvalue weighted by atomic mass is 16.7. The second kappa shape index (κ2) is 5.56. The SMILES string of the molecule is CC1(C)CCn2c1cc1cc(NC(=O)C3(c4ccc5c(c4)OCO5)CC3)ccc12.[HH]. The van der Waals surface area contributed by atoms with E-state index < -0.39 is 5.41 Å². The smallest absolute Gasteiger partial charge is 0.235 e. The number of nitrogens with zero attached hydrogens (tertiary/aromatic N) is 1. The summed E-state index contributed by atoms with van der Waals surface area (Å²) in [6.07, 6.45) is 2.89. The molecule has 5 nitrogen and oxygen atoms in total. The van der Waals surface area contributed by atoms with Crippen molar-refractivity contribution in [2.75, 3.05) is 12.1 Å². The van der Waals surface area contributed by atoms with Gasteiger partial charge in [-0.2, -0.15) is 0 Å². The quantitative estimate of drug-likeness (QED) is 0.687. The molecule has 6 rings (SSSR count). The molecule has 0 atom stereocenters. The maximum atomic E-state index is 13.2. The molecule has 1 N–H and O–H groups in total. The van der Waals surface area contributed by atoms with Crippen molar-refractivity contribution in [3.8, 4) is 11.5 Å². The van der Waals surface area contributed by atoms with Crippen LogP contribution in [0.15, 0.2) is 42.5 Å². The molecular formula is C24H26N2O3. The van der Waals surface area contributed by atoms with E-state index in [4.69, 9.17) is 9.47 Å². The van der Waals surface area contributed by atoms with Crippen molar-refractivity contribution in [3.05, 3.63) is 53.7 Å². The lowest BCUT2D eigenvalue weighted by molar-refractivity contribution is -0.118. The van der Waals surface area contributed by atoms with Crippen LogP contribution in [0.4, 0.5) is 5.69 Å². The molecular weight excluding hydrogens is 364 g/mol. The second-order valence-electron chi connectivity index (χ2n) is 9.19. The van der Waals surface area contributed by atoms with Gasteiger partial charge in [0.05, 0.1) is 5.41 Å². The fourth-order valence-electron chi connectivity index (χ4n) is 4.89. The minimum atomic E-state index is -0.458. The maximum Gasteiger partial charge on any atom is 0.235 e. The van der Waals surface area contributed by atoms with Gasteiger partial charge in [0.25, 0.3) is 0 Å². The van der Waals surface area contributed by atoms with E-state index >= 15 is 0 Å². The lowest BCUT2D eigenvalue weighted by Gasteiger charge is -2.16. The Balaban J connectivity index is 0.00000193. The van der Waals surface area contributed by atoms with Gasteiger partial charge in [0.1, 0.15) is 0 Å². The molecule has 29 heavy (non-hydrogen) atoms. The number of carbonyl (C=O) groups is 1. The number of ether oxygens (including phenoxy) is 2. The van der Waals surface area contributed by atoms with Crippen LogP contribution in [0.25, 0.3) is 10.9 Å². The fourth-order valence-corrected chi connectivity index (χ4v) is 4.89. The van der Waals surface area contributed by atoms with Crippen molar-refractivity contribution in [1.29, 1.82) is 0 Å². The molecule has 2 aliphatic heterocycles. The molecule has 3 aromatic rings. The monoisotopic (exact) mass is 390 g/mol. The number of aryl methyl sites for hydroxylation is 1. The Bertz CT molecular complexity index is 1180. The molecule has 0 saturated heterocycles. The summed E-state index contributed by atoms with van der Waals surface area (Å²) in [5.74, 6) is 1.54. The Morgan fingerprint density at radius 2 is 1.86 bits per heavy atom. The summed E-state index contributed by atoms with van der Waals surface area (Å²) in [4.78, 5) is 13.2. The van der Waals surface area contributed by atoms with Gasteiger partial charge in [-0.1, -0.05) is 19.9 Å². The van der Waals surface area contributed by atoms with E-state index in [0.717, 1.165) is 42.1 Å². The van der Waals surface area contributed by atoms with E-state index in [1.165, 1.54) is 23.0 Å². The molecule has 0 spiro atoms. The van der Waals surface area contributed by atoms with Crippen molar-refractivity contribution in [2.24, 2.45) is 0 Å². The Kier molecular flexibility index (Phi) is 3.25. The zero-order valence-corrected chi connectivity index (χ0v) is 16.7. The van der Waals surface area contributed by atoms with Crippen LogP contribution in [0.1, 0.15) is 45.8 Å². The summed E-state index contributed by atoms with van der Waals surface area (Å²) in [6, 6.07) is 14.4. The molecule has 3 aliphatic rings. The van der Waals surface area contributed by atoms with Gasteiger partial charge in [0.15, 0.2) is 11.5 Å². The molecule has 1 amide bonds. The Hall–Kier alpha value is -2.95. The minimum Gasteiger partial charge on any atom is -0.454 e. The predicted octanol–water partition coefficient (Wildman–Crippen LogP) is 4.97. The Morgan fingerprint density at radius 3 is 2.69 bits per heavy atom. The zero-order chi connectivity index (χ0) is 19.8. The van der Waals surface area contributed by atoms with Crippen LogP contribution in [-0.2, 0) is 22.2 Å². The van der Waals surface area contributed by atoms with Gasteiger partial charge in [-0.05, 0) is 61.2 Å². The Labute approximate surface area is 171 Å². The predicted molar refractivity (Wildman–Crippen MR) is 114 cm³/mol. The van der Waals surface area contributed by atoms with Crippen LogP contribution in [0.2, 0.25) is 0 Å². The Morgan fingerprint density at radius 1 is 1.03 bits per heavy atom. The highest BCUT2D eigenvalue weighted by Gasteiger charge is 2.51. The number of hydrogen-bond acceptors (Lipinski definition) is 3. The average Bonchev–Trinajstić information content (AvgIpc) is 3.10. The number of anilines is 1. The van der Waals surface area contributed by atoms with Crippen LogP contribution in [0.3, 0.4) is 0 Å². The molecule has 0 unspecified atom stereocenters. The normalized spacial score (nSPS) is 19.9. The molecule has 5 heteroatoms. The molecule has 1 saturated carbocycles. The summed E-state index contributed by atoms with van der Waals surface area (Å²) in [5.41, 5.74) is 4.25. The standard InChI is InChI=1S/C24H24N2O3.H2/c1-23(2)9-10-26-18-5-4-17(11-15(18)12-21(23)26)25-22(27)24(7-8-24)16-3-6-19-20(13-16)29-14-28-19;/h3-6,11-13H,7-10,14H2,1-2H3,(H,25,27);1H. The van der Waals surface area contributed by atoms with Crippen molar-refractivity contribution < 1.29 is 15.7 Å². The number of hydrogen-bond donors (Lipinski definition) is 1. The fraction of sp³-hybridized carbons (Fsp3) is 0.375. The molecule has 3 heterocycles. The zero-order valence-electron chi connectivity index (χ0n) is 16.7. The molecule has 150 valence electrons. The van der Waals surface area contributed by atoms with Gasteiger partial charge in [-0.25, -0.2) is 0 Å². The highest BCUT2D eigenvalue weighted by Crippen LogP contribution is 2.51. The topological polar surface area (TPSA) is 52.5 Å². The number of amides is 1.